The largest absolute Gasteiger partial charge is 0.507 e. The molecule has 7 nitrogen and oxygen atoms in total. The predicted octanol–water partition coefficient (Wildman–Crippen LogP) is 7.39. The van der Waals surface area contributed by atoms with Gasteiger partial charge < -0.3 is 19.3 Å². The van der Waals surface area contributed by atoms with E-state index in [1.165, 1.54) is 4.90 Å². The van der Waals surface area contributed by atoms with Crippen molar-refractivity contribution in [3.05, 3.63) is 125 Å². The molecule has 1 atom stereocenters. The van der Waals surface area contributed by atoms with Gasteiger partial charge in [0, 0.05) is 11.3 Å². The number of aryl methyl sites for hydroxylation is 1. The van der Waals surface area contributed by atoms with E-state index in [9.17, 15) is 14.7 Å². The summed E-state index contributed by atoms with van der Waals surface area (Å²) >= 11 is 0. The first-order valence-electron chi connectivity index (χ1n) is 14.3. The third-order valence-corrected chi connectivity index (χ3v) is 7.10. The highest BCUT2D eigenvalue weighted by Crippen LogP contribution is 2.43. The molecule has 1 unspecified atom stereocenters. The van der Waals surface area contributed by atoms with Gasteiger partial charge in [0.1, 0.15) is 29.6 Å². The molecule has 4 aromatic carbocycles. The Bertz CT molecular complexity index is 1640. The molecule has 1 saturated heterocycles. The second kappa shape index (κ2) is 12.9. The fraction of sp³-hybridized carbons (Fsp3) is 0.222. The minimum atomic E-state index is -0.886. The molecule has 43 heavy (non-hydrogen) atoms. The summed E-state index contributed by atoms with van der Waals surface area (Å²) in [7, 11) is 0. The van der Waals surface area contributed by atoms with Gasteiger partial charge in [-0.05, 0) is 99.0 Å². The second-order valence-corrected chi connectivity index (χ2v) is 10.6. The summed E-state index contributed by atoms with van der Waals surface area (Å²) in [5, 5.41) is 11.6. The normalized spacial score (nSPS) is 16.0. The van der Waals surface area contributed by atoms with Crippen LogP contribution >= 0.6 is 0 Å². The molecule has 5 rings (SSSR count). The number of hydrogen-bond donors (Lipinski definition) is 1. The molecule has 1 aliphatic rings. The van der Waals surface area contributed by atoms with Crippen molar-refractivity contribution >= 4 is 23.1 Å². The van der Waals surface area contributed by atoms with Crippen LogP contribution in [0.2, 0.25) is 0 Å². The average molecular weight is 578 g/mol. The first-order chi connectivity index (χ1) is 20.8. The molecule has 220 valence electrons. The molecule has 0 spiro atoms. The van der Waals surface area contributed by atoms with Crippen LogP contribution in [0.5, 0.6) is 17.2 Å². The minimum absolute atomic E-state index is 0.00191. The van der Waals surface area contributed by atoms with Crippen molar-refractivity contribution in [2.24, 2.45) is 0 Å². The van der Waals surface area contributed by atoms with E-state index in [0.717, 1.165) is 11.1 Å². The zero-order chi connectivity index (χ0) is 30.5. The highest BCUT2D eigenvalue weighted by atomic mass is 16.5. The van der Waals surface area contributed by atoms with E-state index < -0.39 is 17.7 Å². The zero-order valence-electron chi connectivity index (χ0n) is 24.7. The Hall–Kier alpha value is -5.04. The first kappa shape index (κ1) is 29.5. The summed E-state index contributed by atoms with van der Waals surface area (Å²) in [5.41, 5.74) is 3.36. The Morgan fingerprint density at radius 1 is 0.860 bits per heavy atom. The molecule has 0 saturated carbocycles. The number of anilines is 1. The van der Waals surface area contributed by atoms with Crippen LogP contribution in [-0.2, 0) is 16.2 Å². The van der Waals surface area contributed by atoms with Crippen LogP contribution in [0.3, 0.4) is 0 Å². The van der Waals surface area contributed by atoms with E-state index in [2.05, 4.69) is 0 Å². The van der Waals surface area contributed by atoms with Crippen LogP contribution in [0, 0.1) is 6.92 Å². The molecule has 4 aromatic rings. The van der Waals surface area contributed by atoms with Crippen molar-refractivity contribution in [2.45, 2.75) is 46.4 Å². The lowest BCUT2D eigenvalue weighted by molar-refractivity contribution is -0.132. The lowest BCUT2D eigenvalue weighted by Crippen LogP contribution is -2.29. The van der Waals surface area contributed by atoms with Crippen molar-refractivity contribution in [1.82, 2.24) is 0 Å². The predicted molar refractivity (Wildman–Crippen MR) is 167 cm³/mol. The van der Waals surface area contributed by atoms with Gasteiger partial charge in [0.05, 0.1) is 24.3 Å². The minimum Gasteiger partial charge on any atom is -0.507 e. The Balaban J connectivity index is 1.56. The number of Topliss-reactive ketones (excluding diaryl/α,β-unsaturated/α-hetero) is 1. The summed E-state index contributed by atoms with van der Waals surface area (Å²) < 4.78 is 17.5. The van der Waals surface area contributed by atoms with Crippen molar-refractivity contribution in [3.8, 4) is 17.2 Å². The molecular formula is C36H35NO6. The van der Waals surface area contributed by atoms with Crippen molar-refractivity contribution in [2.75, 3.05) is 11.5 Å². The summed E-state index contributed by atoms with van der Waals surface area (Å²) in [6.45, 7) is 8.52. The van der Waals surface area contributed by atoms with E-state index in [1.54, 1.807) is 48.5 Å². The van der Waals surface area contributed by atoms with Gasteiger partial charge in [-0.1, -0.05) is 42.5 Å². The standard InChI is InChI=1S/C36H35NO6/c1-5-41-29-17-15-28(16-18-29)37-33(26-12-9-13-30(21-26)43-23(2)3)32(35(39)36(37)40)34(38)27-14-19-31(24(4)20-27)42-22-25-10-7-6-8-11-25/h6-21,23,33,38H,5,22H2,1-4H3/b34-32+. The molecule has 1 N–H and O–H groups in total. The molecule has 1 heterocycles. The van der Waals surface area contributed by atoms with Crippen LogP contribution in [0.15, 0.2) is 103 Å². The smallest absolute Gasteiger partial charge is 0.300 e. The third kappa shape index (κ3) is 6.41. The highest BCUT2D eigenvalue weighted by Gasteiger charge is 2.47. The van der Waals surface area contributed by atoms with E-state index >= 15 is 0 Å². The maximum absolute atomic E-state index is 13.6. The van der Waals surface area contributed by atoms with E-state index in [4.69, 9.17) is 14.2 Å². The summed E-state index contributed by atoms with van der Waals surface area (Å²) in [6.07, 6.45) is -0.0710. The molecule has 0 bridgehead atoms. The van der Waals surface area contributed by atoms with Crippen LogP contribution in [-0.4, -0.2) is 29.5 Å². The van der Waals surface area contributed by atoms with Gasteiger partial charge in [-0.3, -0.25) is 14.5 Å². The van der Waals surface area contributed by atoms with Gasteiger partial charge >= 0.3 is 0 Å². The number of aliphatic hydroxyl groups excluding tert-OH is 1. The first-order valence-corrected chi connectivity index (χ1v) is 14.3. The van der Waals surface area contributed by atoms with Crippen molar-refractivity contribution in [1.29, 1.82) is 0 Å². The maximum atomic E-state index is 13.6. The fourth-order valence-electron chi connectivity index (χ4n) is 5.16. The maximum Gasteiger partial charge on any atom is 0.300 e. The molecule has 0 aromatic heterocycles. The number of carbonyl (C=O) groups excluding carboxylic acids is 2. The SMILES string of the molecule is CCOc1ccc(N2C(=O)C(=O)/C(=C(/O)c3ccc(OCc4ccccc4)c(C)c3)C2c2cccc(OC(C)C)c2)cc1. The molecular weight excluding hydrogens is 542 g/mol. The zero-order valence-corrected chi connectivity index (χ0v) is 24.7. The fourth-order valence-corrected chi connectivity index (χ4v) is 5.16. The number of nitrogens with zero attached hydrogens (tertiary/aromatic N) is 1. The lowest BCUT2D eigenvalue weighted by Gasteiger charge is -2.26. The molecule has 1 aliphatic heterocycles. The van der Waals surface area contributed by atoms with E-state index in [-0.39, 0.29) is 17.4 Å². The number of ether oxygens (including phenoxy) is 3. The number of aliphatic hydroxyl groups is 1. The van der Waals surface area contributed by atoms with Crippen LogP contribution in [0.25, 0.3) is 5.76 Å². The Morgan fingerprint density at radius 2 is 1.60 bits per heavy atom. The highest BCUT2D eigenvalue weighted by molar-refractivity contribution is 6.51. The van der Waals surface area contributed by atoms with Gasteiger partial charge in [0.25, 0.3) is 11.7 Å². The Kier molecular flexibility index (Phi) is 8.81. The molecule has 0 aliphatic carbocycles. The van der Waals surface area contributed by atoms with Gasteiger partial charge in [-0.25, -0.2) is 0 Å². The number of amides is 1. The van der Waals surface area contributed by atoms with Crippen LogP contribution in [0.1, 0.15) is 49.1 Å². The average Bonchev–Trinajstić information content (AvgIpc) is 3.27. The molecule has 7 heteroatoms. The second-order valence-electron chi connectivity index (χ2n) is 10.6. The number of rotatable bonds is 10. The van der Waals surface area contributed by atoms with Gasteiger partial charge in [-0.15, -0.1) is 0 Å². The lowest BCUT2D eigenvalue weighted by atomic mass is 9.94. The van der Waals surface area contributed by atoms with Crippen LogP contribution in [0.4, 0.5) is 5.69 Å². The van der Waals surface area contributed by atoms with E-state index in [1.807, 2.05) is 76.2 Å². The van der Waals surface area contributed by atoms with Crippen molar-refractivity contribution in [3.63, 3.8) is 0 Å². The summed E-state index contributed by atoms with van der Waals surface area (Å²) in [6, 6.07) is 28.4. The summed E-state index contributed by atoms with van der Waals surface area (Å²) in [4.78, 5) is 28.7. The topological polar surface area (TPSA) is 85.3 Å². The van der Waals surface area contributed by atoms with Crippen molar-refractivity contribution < 1.29 is 28.9 Å². The number of hydrogen-bond acceptors (Lipinski definition) is 6. The quantitative estimate of drug-likeness (QED) is 0.120. The number of benzene rings is 4. The summed E-state index contributed by atoms with van der Waals surface area (Å²) in [5.74, 6) is 0.145. The van der Waals surface area contributed by atoms with Crippen LogP contribution < -0.4 is 19.1 Å². The Morgan fingerprint density at radius 3 is 2.28 bits per heavy atom. The number of ketones is 1. The van der Waals surface area contributed by atoms with Gasteiger partial charge in [-0.2, -0.15) is 0 Å². The van der Waals surface area contributed by atoms with Gasteiger partial charge in [0.15, 0.2) is 0 Å². The molecule has 1 amide bonds. The van der Waals surface area contributed by atoms with E-state index in [0.29, 0.717) is 47.3 Å². The third-order valence-electron chi connectivity index (χ3n) is 7.10. The molecule has 0 radical (unpaired) electrons. The molecule has 1 fully saturated rings. The number of carbonyl (C=O) groups is 2. The van der Waals surface area contributed by atoms with Gasteiger partial charge in [0.2, 0.25) is 0 Å². The Labute approximate surface area is 252 Å². The monoisotopic (exact) mass is 577 g/mol.